The molecule has 1 amide bonds. The van der Waals surface area contributed by atoms with E-state index in [1.54, 1.807) is 63.2 Å². The third kappa shape index (κ3) is 10.3. The molecular formula is C34H41F2NO6. The van der Waals surface area contributed by atoms with E-state index in [4.69, 9.17) is 18.9 Å². The highest BCUT2D eigenvalue weighted by Gasteiger charge is 2.24. The molecule has 1 unspecified atom stereocenters. The van der Waals surface area contributed by atoms with Gasteiger partial charge in [-0.2, -0.15) is 0 Å². The first-order chi connectivity index (χ1) is 20.2. The lowest BCUT2D eigenvalue weighted by Crippen LogP contribution is -2.36. The van der Waals surface area contributed by atoms with Crippen molar-refractivity contribution in [3.63, 3.8) is 0 Å². The van der Waals surface area contributed by atoms with Crippen LogP contribution in [0.5, 0.6) is 11.5 Å². The highest BCUT2D eigenvalue weighted by Crippen LogP contribution is 2.33. The summed E-state index contributed by atoms with van der Waals surface area (Å²) in [5.74, 6) is -0.0278. The number of esters is 1. The Hall–Kier alpha value is -4.14. The Morgan fingerprint density at radius 2 is 1.58 bits per heavy atom. The van der Waals surface area contributed by atoms with Crippen LogP contribution in [0.2, 0.25) is 0 Å². The molecule has 0 saturated carbocycles. The van der Waals surface area contributed by atoms with E-state index in [0.717, 1.165) is 0 Å². The second kappa shape index (κ2) is 14.4. The summed E-state index contributed by atoms with van der Waals surface area (Å²) in [6.45, 7) is 11.8. The summed E-state index contributed by atoms with van der Waals surface area (Å²) in [5, 5.41) is 2.42. The molecule has 3 rings (SSSR count). The average Bonchev–Trinajstić information content (AvgIpc) is 2.89. The molecule has 3 aromatic carbocycles. The van der Waals surface area contributed by atoms with Gasteiger partial charge in [0.25, 0.3) is 0 Å². The number of carbonyl (C=O) groups is 2. The number of alkyl carbamates (subject to hydrolysis) is 1. The zero-order chi connectivity index (χ0) is 31.8. The van der Waals surface area contributed by atoms with E-state index in [-0.39, 0.29) is 30.1 Å². The van der Waals surface area contributed by atoms with Gasteiger partial charge in [0.15, 0.2) is 0 Å². The minimum Gasteiger partial charge on any atom is -0.494 e. The van der Waals surface area contributed by atoms with Gasteiger partial charge < -0.3 is 24.3 Å². The van der Waals surface area contributed by atoms with Crippen LogP contribution < -0.4 is 14.8 Å². The lowest BCUT2D eigenvalue weighted by Gasteiger charge is -2.23. The van der Waals surface area contributed by atoms with Crippen LogP contribution in [0.4, 0.5) is 13.6 Å². The Labute approximate surface area is 252 Å². The van der Waals surface area contributed by atoms with Crippen LogP contribution in [0.15, 0.2) is 60.7 Å². The molecule has 0 aromatic heterocycles. The molecule has 0 fully saturated rings. The number of ether oxygens (including phenoxy) is 4. The van der Waals surface area contributed by atoms with Crippen LogP contribution in [0.25, 0.3) is 11.1 Å². The number of nitrogens with one attached hydrogen (secondary N) is 1. The number of hydrogen-bond donors (Lipinski definition) is 1. The SMILES string of the molecule is CCOc1cc(COc2ccccc2CC(=O)OC(C)(C)C)cc(-c2cccc(C(CF)NC(=O)OC(C)(C)C)c2F)c1. The molecule has 43 heavy (non-hydrogen) atoms. The number of alkyl halides is 1. The van der Waals surface area contributed by atoms with Gasteiger partial charge in [-0.25, -0.2) is 13.6 Å². The Morgan fingerprint density at radius 3 is 2.23 bits per heavy atom. The molecule has 9 heteroatoms. The Bertz CT molecular complexity index is 1410. The van der Waals surface area contributed by atoms with E-state index < -0.39 is 35.8 Å². The van der Waals surface area contributed by atoms with Crippen LogP contribution in [-0.4, -0.2) is 36.5 Å². The fourth-order valence-electron chi connectivity index (χ4n) is 4.33. The van der Waals surface area contributed by atoms with E-state index in [1.807, 2.05) is 39.8 Å². The molecular weight excluding hydrogens is 556 g/mol. The molecule has 1 N–H and O–H groups in total. The van der Waals surface area contributed by atoms with Crippen LogP contribution in [0.3, 0.4) is 0 Å². The van der Waals surface area contributed by atoms with Gasteiger partial charge in [0, 0.05) is 16.7 Å². The van der Waals surface area contributed by atoms with Crippen molar-refractivity contribution in [2.24, 2.45) is 0 Å². The van der Waals surface area contributed by atoms with E-state index in [0.29, 0.717) is 34.8 Å². The normalized spacial score (nSPS) is 12.3. The largest absolute Gasteiger partial charge is 0.494 e. The van der Waals surface area contributed by atoms with E-state index in [2.05, 4.69) is 5.32 Å². The highest BCUT2D eigenvalue weighted by atomic mass is 19.1. The molecule has 3 aromatic rings. The third-order valence-electron chi connectivity index (χ3n) is 5.96. The fraction of sp³-hybridized carbons (Fsp3) is 0.412. The lowest BCUT2D eigenvalue weighted by atomic mass is 9.97. The molecule has 0 radical (unpaired) electrons. The van der Waals surface area contributed by atoms with Crippen LogP contribution in [-0.2, 0) is 27.3 Å². The Kier molecular flexibility index (Phi) is 11.1. The van der Waals surface area contributed by atoms with Crippen molar-refractivity contribution >= 4 is 12.1 Å². The van der Waals surface area contributed by atoms with Crippen molar-refractivity contribution in [3.05, 3.63) is 83.2 Å². The second-order valence-corrected chi connectivity index (χ2v) is 12.0. The zero-order valence-electron chi connectivity index (χ0n) is 25.9. The van der Waals surface area contributed by atoms with Gasteiger partial charge in [-0.05, 0) is 83.9 Å². The average molecular weight is 598 g/mol. The van der Waals surface area contributed by atoms with Gasteiger partial charge >= 0.3 is 12.1 Å². The Balaban J connectivity index is 1.89. The summed E-state index contributed by atoms with van der Waals surface area (Å²) in [7, 11) is 0. The van der Waals surface area contributed by atoms with Gasteiger partial charge in [0.05, 0.1) is 19.1 Å². The van der Waals surface area contributed by atoms with E-state index in [1.165, 1.54) is 6.07 Å². The molecule has 0 aliphatic heterocycles. The summed E-state index contributed by atoms with van der Waals surface area (Å²) in [6, 6.07) is 15.8. The van der Waals surface area contributed by atoms with Crippen LogP contribution >= 0.6 is 0 Å². The first kappa shape index (κ1) is 33.4. The Morgan fingerprint density at radius 1 is 0.884 bits per heavy atom. The van der Waals surface area contributed by atoms with Crippen molar-refractivity contribution in [2.75, 3.05) is 13.3 Å². The molecule has 7 nitrogen and oxygen atoms in total. The van der Waals surface area contributed by atoms with E-state index in [9.17, 15) is 14.0 Å². The molecule has 1 atom stereocenters. The topological polar surface area (TPSA) is 83.1 Å². The molecule has 0 aliphatic rings. The van der Waals surface area contributed by atoms with Crippen molar-refractivity contribution < 1.29 is 37.3 Å². The first-order valence-electron chi connectivity index (χ1n) is 14.2. The number of halogens is 2. The number of amides is 1. The maximum atomic E-state index is 15.9. The lowest BCUT2D eigenvalue weighted by molar-refractivity contribution is -0.153. The predicted molar refractivity (Wildman–Crippen MR) is 161 cm³/mol. The van der Waals surface area contributed by atoms with Crippen molar-refractivity contribution in [3.8, 4) is 22.6 Å². The monoisotopic (exact) mass is 597 g/mol. The molecule has 0 aliphatic carbocycles. The number of para-hydroxylation sites is 1. The van der Waals surface area contributed by atoms with Crippen molar-refractivity contribution in [2.45, 2.75) is 78.7 Å². The van der Waals surface area contributed by atoms with Crippen LogP contribution in [0.1, 0.15) is 71.2 Å². The summed E-state index contributed by atoms with van der Waals surface area (Å²) >= 11 is 0. The number of hydrogen-bond acceptors (Lipinski definition) is 6. The first-order valence-corrected chi connectivity index (χ1v) is 14.2. The maximum absolute atomic E-state index is 15.9. The van der Waals surface area contributed by atoms with Gasteiger partial charge in [-0.3, -0.25) is 4.79 Å². The molecule has 0 spiro atoms. The predicted octanol–water partition coefficient (Wildman–Crippen LogP) is 7.89. The quantitative estimate of drug-likeness (QED) is 0.226. The third-order valence-corrected chi connectivity index (χ3v) is 5.96. The number of carbonyl (C=O) groups excluding carboxylic acids is 2. The number of rotatable bonds is 11. The van der Waals surface area contributed by atoms with E-state index >= 15 is 4.39 Å². The molecule has 232 valence electrons. The van der Waals surface area contributed by atoms with Crippen LogP contribution in [0, 0.1) is 5.82 Å². The number of benzene rings is 3. The van der Waals surface area contributed by atoms with Gasteiger partial charge in [0.2, 0.25) is 0 Å². The molecule has 0 heterocycles. The zero-order valence-corrected chi connectivity index (χ0v) is 25.9. The summed E-state index contributed by atoms with van der Waals surface area (Å²) in [6.07, 6.45) is -0.798. The van der Waals surface area contributed by atoms with Gasteiger partial charge in [0.1, 0.15) is 41.8 Å². The summed E-state index contributed by atoms with van der Waals surface area (Å²) < 4.78 is 52.5. The fourth-order valence-corrected chi connectivity index (χ4v) is 4.33. The van der Waals surface area contributed by atoms with Gasteiger partial charge in [-0.1, -0.05) is 36.4 Å². The summed E-state index contributed by atoms with van der Waals surface area (Å²) in [4.78, 5) is 24.7. The second-order valence-electron chi connectivity index (χ2n) is 12.0. The standard InChI is InChI=1S/C34H41F2NO6/c1-8-40-25-17-22(21-41-29-15-10-9-12-23(29)19-30(38)42-33(2,3)4)16-24(18-25)26-13-11-14-27(31(26)36)28(20-35)37-32(39)43-34(5,6)7/h9-18,28H,8,19-21H2,1-7H3,(H,37,39). The smallest absolute Gasteiger partial charge is 0.408 e. The molecule has 0 bridgehead atoms. The summed E-state index contributed by atoms with van der Waals surface area (Å²) in [5.41, 5.74) is 0.640. The maximum Gasteiger partial charge on any atom is 0.408 e. The van der Waals surface area contributed by atoms with Gasteiger partial charge in [-0.15, -0.1) is 0 Å². The van der Waals surface area contributed by atoms with Crippen molar-refractivity contribution in [1.82, 2.24) is 5.32 Å². The minimum absolute atomic E-state index is 0.0125. The minimum atomic E-state index is -1.24. The van der Waals surface area contributed by atoms with Crippen molar-refractivity contribution in [1.29, 1.82) is 0 Å². The molecule has 0 saturated heterocycles. The highest BCUT2D eigenvalue weighted by molar-refractivity contribution is 5.74.